The number of hydrogen-bond acceptors (Lipinski definition) is 6. The van der Waals surface area contributed by atoms with Crippen molar-refractivity contribution in [1.29, 1.82) is 0 Å². The third kappa shape index (κ3) is 5.54. The van der Waals surface area contributed by atoms with Gasteiger partial charge in [-0.25, -0.2) is 14.7 Å². The number of hydroxylamine groups is 2. The molecule has 0 aliphatic carbocycles. The molecule has 0 aromatic heterocycles. The van der Waals surface area contributed by atoms with E-state index in [1.807, 2.05) is 0 Å². The van der Waals surface area contributed by atoms with Crippen molar-refractivity contribution < 1.29 is 34.2 Å². The molecule has 0 aromatic carbocycles. The Balaban J connectivity index is 4.90. The number of carboxylic acids is 1. The highest BCUT2D eigenvalue weighted by Crippen LogP contribution is 2.14. The monoisotopic (exact) mass is 291 g/mol. The van der Waals surface area contributed by atoms with Crippen molar-refractivity contribution >= 4 is 18.3 Å². The Bertz CT molecular complexity index is 343. The molecule has 1 unspecified atom stereocenters. The van der Waals surface area contributed by atoms with Crippen molar-refractivity contribution in [2.24, 2.45) is 11.8 Å². The van der Waals surface area contributed by atoms with Crippen LogP contribution < -0.4 is 0 Å². The van der Waals surface area contributed by atoms with Gasteiger partial charge in [-0.15, -0.1) is 0 Å². The Labute approximate surface area is 117 Å². The third-order valence-corrected chi connectivity index (χ3v) is 2.34. The lowest BCUT2D eigenvalue weighted by atomic mass is 10.2. The van der Waals surface area contributed by atoms with Gasteiger partial charge >= 0.3 is 11.9 Å². The number of carboxylic acid groups (broad SMARTS) is 1. The van der Waals surface area contributed by atoms with Gasteiger partial charge in [0.25, 0.3) is 0 Å². The quantitative estimate of drug-likeness (QED) is 0.266. The zero-order chi connectivity index (χ0) is 15.9. The smallest absolute Gasteiger partial charge is 0.331 e. The van der Waals surface area contributed by atoms with E-state index in [-0.39, 0.29) is 12.3 Å². The van der Waals surface area contributed by atoms with Gasteiger partial charge in [-0.3, -0.25) is 9.59 Å². The third-order valence-electron chi connectivity index (χ3n) is 2.34. The van der Waals surface area contributed by atoms with E-state index in [1.165, 1.54) is 0 Å². The molecule has 0 fully saturated rings. The molecule has 2 N–H and O–H groups in total. The number of amides is 1. The summed E-state index contributed by atoms with van der Waals surface area (Å²) in [6.07, 6.45) is -1.00. The summed E-state index contributed by atoms with van der Waals surface area (Å²) < 4.78 is 5.04. The molecule has 0 saturated heterocycles. The van der Waals surface area contributed by atoms with E-state index in [4.69, 9.17) is 19.8 Å². The van der Waals surface area contributed by atoms with Crippen LogP contribution in [-0.4, -0.2) is 52.6 Å². The van der Waals surface area contributed by atoms with E-state index in [2.05, 4.69) is 0 Å². The van der Waals surface area contributed by atoms with E-state index in [9.17, 15) is 14.4 Å². The van der Waals surface area contributed by atoms with E-state index in [0.717, 1.165) is 0 Å². The summed E-state index contributed by atoms with van der Waals surface area (Å²) in [6.45, 7) is 5.79. The van der Waals surface area contributed by atoms with Gasteiger partial charge in [-0.1, -0.05) is 27.7 Å². The van der Waals surface area contributed by atoms with Gasteiger partial charge < -0.3 is 14.9 Å². The van der Waals surface area contributed by atoms with Crippen LogP contribution in [0.1, 0.15) is 27.7 Å². The maximum absolute atomic E-state index is 11.5. The van der Waals surface area contributed by atoms with Crippen molar-refractivity contribution in [3.05, 3.63) is 0 Å². The largest absolute Gasteiger partial charge is 0.480 e. The van der Waals surface area contributed by atoms with Crippen LogP contribution in [0.5, 0.6) is 0 Å². The topological polar surface area (TPSA) is 113 Å². The number of nitrogens with zero attached hydrogens (tertiary/aromatic N) is 1. The molecule has 2 atom stereocenters. The first kappa shape index (κ1) is 18.3. The van der Waals surface area contributed by atoms with Gasteiger partial charge in [0.05, 0.1) is 12.5 Å². The Morgan fingerprint density at radius 3 is 2.10 bits per heavy atom. The van der Waals surface area contributed by atoms with Gasteiger partial charge in [0, 0.05) is 5.92 Å². The summed E-state index contributed by atoms with van der Waals surface area (Å²) in [5.41, 5.74) is 0. The number of aliphatic hydroxyl groups is 1. The first-order valence-corrected chi connectivity index (χ1v) is 6.19. The summed E-state index contributed by atoms with van der Waals surface area (Å²) in [6, 6.07) is -1.56. The van der Waals surface area contributed by atoms with Crippen molar-refractivity contribution in [3.8, 4) is 0 Å². The number of ether oxygens (including phenoxy) is 1. The van der Waals surface area contributed by atoms with Crippen LogP contribution in [0.25, 0.3) is 0 Å². The molecule has 0 aliphatic rings. The molecule has 0 radical (unpaired) electrons. The Kier molecular flexibility index (Phi) is 7.78. The molecular weight excluding hydrogens is 270 g/mol. The Morgan fingerprint density at radius 2 is 1.80 bits per heavy atom. The fourth-order valence-corrected chi connectivity index (χ4v) is 1.09. The normalized spacial score (nSPS) is 13.9. The zero-order valence-corrected chi connectivity index (χ0v) is 12.0. The summed E-state index contributed by atoms with van der Waals surface area (Å²) >= 11 is 0. The van der Waals surface area contributed by atoms with Crippen molar-refractivity contribution in [1.82, 2.24) is 5.06 Å². The van der Waals surface area contributed by atoms with Crippen LogP contribution in [0.3, 0.4) is 0 Å². The van der Waals surface area contributed by atoms with Crippen LogP contribution in [0.2, 0.25) is 0 Å². The van der Waals surface area contributed by atoms with Crippen molar-refractivity contribution in [2.75, 3.05) is 6.61 Å². The second kappa shape index (κ2) is 8.49. The molecule has 0 aromatic rings. The molecule has 0 saturated carbocycles. The minimum absolute atomic E-state index is 0.119. The van der Waals surface area contributed by atoms with Gasteiger partial charge in [-0.05, 0) is 0 Å². The highest BCUT2D eigenvalue weighted by molar-refractivity contribution is 5.76. The number of aliphatic hydroxyl groups excluding tert-OH is 1. The highest BCUT2D eigenvalue weighted by atomic mass is 16.8. The maximum Gasteiger partial charge on any atom is 0.331 e. The van der Waals surface area contributed by atoms with Crippen LogP contribution >= 0.6 is 0 Å². The lowest BCUT2D eigenvalue weighted by Gasteiger charge is -2.29. The van der Waals surface area contributed by atoms with Crippen LogP contribution in [0, 0.1) is 11.8 Å². The van der Waals surface area contributed by atoms with Crippen LogP contribution in [-0.2, 0) is 24.0 Å². The average molecular weight is 291 g/mol. The zero-order valence-electron chi connectivity index (χ0n) is 12.0. The van der Waals surface area contributed by atoms with Gasteiger partial charge in [0.15, 0.2) is 6.04 Å². The highest BCUT2D eigenvalue weighted by Gasteiger charge is 2.30. The number of rotatable bonds is 9. The first-order chi connectivity index (χ1) is 9.24. The van der Waals surface area contributed by atoms with Gasteiger partial charge in [0.1, 0.15) is 0 Å². The molecule has 116 valence electrons. The lowest BCUT2D eigenvalue weighted by Crippen LogP contribution is -2.46. The summed E-state index contributed by atoms with van der Waals surface area (Å²) in [5, 5.41) is 18.2. The van der Waals surface area contributed by atoms with Crippen LogP contribution in [0.4, 0.5) is 0 Å². The van der Waals surface area contributed by atoms with E-state index in [1.54, 1.807) is 27.7 Å². The van der Waals surface area contributed by atoms with E-state index < -0.39 is 36.8 Å². The molecule has 0 spiro atoms. The number of hydrogen-bond donors (Lipinski definition) is 2. The number of aliphatic carboxylic acids is 1. The number of esters is 1. The Morgan fingerprint density at radius 1 is 1.25 bits per heavy atom. The summed E-state index contributed by atoms with van der Waals surface area (Å²) in [7, 11) is 0. The maximum atomic E-state index is 11.5. The second-order valence-electron chi connectivity index (χ2n) is 4.81. The fourth-order valence-electron chi connectivity index (χ4n) is 1.09. The minimum atomic E-state index is -1.56. The summed E-state index contributed by atoms with van der Waals surface area (Å²) in [5.74, 6) is -2.67. The number of carbonyl (C=O) groups is 3. The molecule has 8 nitrogen and oxygen atoms in total. The van der Waals surface area contributed by atoms with Crippen LogP contribution in [0.15, 0.2) is 0 Å². The molecule has 0 aliphatic heterocycles. The molecule has 1 amide bonds. The average Bonchev–Trinajstić information content (AvgIpc) is 2.35. The molecule has 20 heavy (non-hydrogen) atoms. The molecule has 0 bridgehead atoms. The van der Waals surface area contributed by atoms with Gasteiger partial charge in [-0.2, -0.15) is 0 Å². The van der Waals surface area contributed by atoms with Gasteiger partial charge in [0.2, 0.25) is 12.7 Å². The van der Waals surface area contributed by atoms with E-state index >= 15 is 0 Å². The first-order valence-electron chi connectivity index (χ1n) is 6.19. The van der Waals surface area contributed by atoms with Crippen molar-refractivity contribution in [3.63, 3.8) is 0 Å². The summed E-state index contributed by atoms with van der Waals surface area (Å²) in [4.78, 5) is 38.3. The van der Waals surface area contributed by atoms with Crippen molar-refractivity contribution in [2.45, 2.75) is 40.0 Å². The lowest BCUT2D eigenvalue weighted by molar-refractivity contribution is -0.283. The number of carbonyl (C=O) groups excluding carboxylic acids is 2. The SMILES string of the molecule is CC(C)C(=O)OC(ON(C=O)[C@H](CO)C(=O)O)C(C)C. The molecule has 8 heteroatoms. The Hall–Kier alpha value is -1.67. The predicted octanol–water partition coefficient (Wildman–Crippen LogP) is 0.00320. The minimum Gasteiger partial charge on any atom is -0.480 e. The molecule has 0 heterocycles. The molecule has 0 rings (SSSR count). The molecular formula is C12H21NO7. The predicted molar refractivity (Wildman–Crippen MR) is 67.1 cm³/mol. The van der Waals surface area contributed by atoms with E-state index in [0.29, 0.717) is 5.06 Å². The second-order valence-corrected chi connectivity index (χ2v) is 4.81. The fraction of sp³-hybridized carbons (Fsp3) is 0.750. The standard InChI is InChI=1S/C12H21NO7/c1-7(2)11(18)19-12(8(3)4)20-13(6-15)9(5-14)10(16)17/h6-9,12,14H,5H2,1-4H3,(H,16,17)/t9-,12?/m1/s1.